The van der Waals surface area contributed by atoms with Crippen LogP contribution in [0.1, 0.15) is 44.7 Å². The first-order valence-corrected chi connectivity index (χ1v) is 8.51. The highest BCUT2D eigenvalue weighted by Crippen LogP contribution is 2.27. The summed E-state index contributed by atoms with van der Waals surface area (Å²) in [5, 5.41) is 6.95. The summed E-state index contributed by atoms with van der Waals surface area (Å²) in [6.07, 6.45) is 3.44. The number of nitrogens with one attached hydrogen (secondary N) is 2. The van der Waals surface area contributed by atoms with E-state index in [1.54, 1.807) is 0 Å². The molecule has 2 N–H and O–H groups in total. The van der Waals surface area contributed by atoms with Crippen molar-refractivity contribution in [3.8, 4) is 0 Å². The van der Waals surface area contributed by atoms with Crippen LogP contribution in [0.25, 0.3) is 0 Å². The molecule has 0 bridgehead atoms. The van der Waals surface area contributed by atoms with Crippen LogP contribution >= 0.6 is 0 Å². The van der Waals surface area contributed by atoms with Crippen molar-refractivity contribution < 1.29 is 4.74 Å². The maximum atomic E-state index is 5.49. The Bertz CT molecular complexity index is 441. The molecule has 2 rings (SSSR count). The van der Waals surface area contributed by atoms with Crippen molar-refractivity contribution in [2.75, 3.05) is 26.3 Å². The van der Waals surface area contributed by atoms with Gasteiger partial charge in [-0.05, 0) is 44.6 Å². The van der Waals surface area contributed by atoms with Gasteiger partial charge in [-0.1, -0.05) is 30.3 Å². The molecule has 4 heteroatoms. The van der Waals surface area contributed by atoms with Gasteiger partial charge in [-0.2, -0.15) is 0 Å². The summed E-state index contributed by atoms with van der Waals surface area (Å²) >= 11 is 0. The second-order valence-corrected chi connectivity index (χ2v) is 5.75. The molecule has 1 aliphatic rings. The van der Waals surface area contributed by atoms with E-state index in [0.29, 0.717) is 6.04 Å². The van der Waals surface area contributed by atoms with Crippen molar-refractivity contribution in [1.82, 2.24) is 10.6 Å². The number of hydrogen-bond acceptors (Lipinski definition) is 2. The fraction of sp³-hybridized carbons (Fsp3) is 0.611. The van der Waals surface area contributed by atoms with Crippen molar-refractivity contribution in [2.45, 2.75) is 39.2 Å². The first kappa shape index (κ1) is 16.8. The summed E-state index contributed by atoms with van der Waals surface area (Å²) in [5.41, 5.74) is 1.33. The van der Waals surface area contributed by atoms with Gasteiger partial charge in [0.2, 0.25) is 0 Å². The largest absolute Gasteiger partial charge is 0.381 e. The summed E-state index contributed by atoms with van der Waals surface area (Å²) in [5.74, 6) is 1.63. The van der Waals surface area contributed by atoms with Crippen LogP contribution < -0.4 is 10.6 Å². The Hall–Kier alpha value is -1.55. The Labute approximate surface area is 134 Å². The molecule has 0 radical (unpaired) electrons. The first-order chi connectivity index (χ1) is 10.8. The summed E-state index contributed by atoms with van der Waals surface area (Å²) in [6, 6.07) is 11.0. The summed E-state index contributed by atoms with van der Waals surface area (Å²) < 4.78 is 5.49. The Morgan fingerprint density at radius 3 is 2.59 bits per heavy atom. The number of rotatable bonds is 6. The van der Waals surface area contributed by atoms with Crippen LogP contribution in [0.4, 0.5) is 0 Å². The molecule has 0 saturated carbocycles. The maximum absolute atomic E-state index is 5.49. The molecule has 0 amide bonds. The van der Waals surface area contributed by atoms with Crippen LogP contribution in [0.3, 0.4) is 0 Å². The number of benzene rings is 1. The second-order valence-electron chi connectivity index (χ2n) is 5.75. The number of guanidine groups is 1. The highest BCUT2D eigenvalue weighted by atomic mass is 16.5. The van der Waals surface area contributed by atoms with E-state index in [1.807, 2.05) is 0 Å². The minimum Gasteiger partial charge on any atom is -0.381 e. The van der Waals surface area contributed by atoms with E-state index < -0.39 is 0 Å². The first-order valence-electron chi connectivity index (χ1n) is 8.51. The zero-order chi connectivity index (χ0) is 15.6. The van der Waals surface area contributed by atoms with E-state index in [9.17, 15) is 0 Å². The number of nitrogens with zero attached hydrogens (tertiary/aromatic N) is 1. The third kappa shape index (κ3) is 5.34. The molecule has 1 heterocycles. The molecule has 1 aliphatic heterocycles. The Morgan fingerprint density at radius 2 is 1.95 bits per heavy atom. The average Bonchev–Trinajstić information content (AvgIpc) is 2.56. The lowest BCUT2D eigenvalue weighted by Gasteiger charge is -2.28. The Morgan fingerprint density at radius 1 is 1.23 bits per heavy atom. The number of ether oxygens (including phenoxy) is 1. The van der Waals surface area contributed by atoms with Gasteiger partial charge in [0.1, 0.15) is 0 Å². The summed E-state index contributed by atoms with van der Waals surface area (Å²) in [7, 11) is 0. The monoisotopic (exact) mass is 303 g/mol. The van der Waals surface area contributed by atoms with Gasteiger partial charge in [0.25, 0.3) is 0 Å². The van der Waals surface area contributed by atoms with Gasteiger partial charge in [-0.15, -0.1) is 0 Å². The highest BCUT2D eigenvalue weighted by molar-refractivity contribution is 5.80. The molecule has 4 nitrogen and oxygen atoms in total. The van der Waals surface area contributed by atoms with Crippen molar-refractivity contribution in [1.29, 1.82) is 0 Å². The van der Waals surface area contributed by atoms with Crippen molar-refractivity contribution in [2.24, 2.45) is 10.9 Å². The molecule has 0 aromatic heterocycles. The quantitative estimate of drug-likeness (QED) is 0.627. The standard InChI is InChI=1S/C18H29N3O/c1-3-19-18(20-4-2)21-17(16-8-6-5-7-9-16)14-15-10-12-22-13-11-15/h5-9,15,17H,3-4,10-14H2,1-2H3,(H2,19,20,21)/t17-/m1/s1. The predicted octanol–water partition coefficient (Wildman–Crippen LogP) is 3.12. The smallest absolute Gasteiger partial charge is 0.191 e. The van der Waals surface area contributed by atoms with Gasteiger partial charge in [0.05, 0.1) is 6.04 Å². The van der Waals surface area contributed by atoms with E-state index in [-0.39, 0.29) is 0 Å². The van der Waals surface area contributed by atoms with Gasteiger partial charge < -0.3 is 15.4 Å². The third-order valence-electron chi connectivity index (χ3n) is 4.08. The maximum Gasteiger partial charge on any atom is 0.191 e. The fourth-order valence-electron chi connectivity index (χ4n) is 2.92. The fourth-order valence-corrected chi connectivity index (χ4v) is 2.92. The molecule has 1 aromatic carbocycles. The lowest BCUT2D eigenvalue weighted by Crippen LogP contribution is -2.40. The van der Waals surface area contributed by atoms with E-state index in [2.05, 4.69) is 59.8 Å². The van der Waals surface area contributed by atoms with Crippen LogP contribution in [0.2, 0.25) is 0 Å². The summed E-state index contributed by atoms with van der Waals surface area (Å²) in [4.78, 5) is 4.54. The average molecular weight is 303 g/mol. The normalized spacial score (nSPS) is 18.0. The SMILES string of the molecule is CCN=C(NCC)N[C@H](CC1CCOCC1)c1ccccc1. The second kappa shape index (κ2) is 9.46. The molecular formula is C18H29N3O. The Kier molecular flexibility index (Phi) is 7.23. The van der Waals surface area contributed by atoms with Crippen LogP contribution in [0.5, 0.6) is 0 Å². The molecule has 122 valence electrons. The van der Waals surface area contributed by atoms with Crippen molar-refractivity contribution >= 4 is 5.96 Å². The van der Waals surface area contributed by atoms with Gasteiger partial charge in [0, 0.05) is 26.3 Å². The molecular weight excluding hydrogens is 274 g/mol. The van der Waals surface area contributed by atoms with E-state index in [0.717, 1.165) is 57.4 Å². The van der Waals surface area contributed by atoms with Crippen molar-refractivity contribution in [3.05, 3.63) is 35.9 Å². The van der Waals surface area contributed by atoms with Crippen LogP contribution in [0, 0.1) is 5.92 Å². The van der Waals surface area contributed by atoms with E-state index in [4.69, 9.17) is 4.74 Å². The molecule has 0 spiro atoms. The van der Waals surface area contributed by atoms with E-state index in [1.165, 1.54) is 5.56 Å². The topological polar surface area (TPSA) is 45.7 Å². The molecule has 1 aromatic rings. The van der Waals surface area contributed by atoms with Crippen LogP contribution in [0.15, 0.2) is 35.3 Å². The lowest BCUT2D eigenvalue weighted by molar-refractivity contribution is 0.0611. The third-order valence-corrected chi connectivity index (χ3v) is 4.08. The molecule has 22 heavy (non-hydrogen) atoms. The number of hydrogen-bond donors (Lipinski definition) is 2. The molecule has 0 aliphatic carbocycles. The van der Waals surface area contributed by atoms with Crippen molar-refractivity contribution in [3.63, 3.8) is 0 Å². The van der Waals surface area contributed by atoms with Crippen LogP contribution in [-0.4, -0.2) is 32.3 Å². The van der Waals surface area contributed by atoms with Gasteiger partial charge >= 0.3 is 0 Å². The minimum atomic E-state index is 0.300. The highest BCUT2D eigenvalue weighted by Gasteiger charge is 2.21. The van der Waals surface area contributed by atoms with E-state index >= 15 is 0 Å². The summed E-state index contributed by atoms with van der Waals surface area (Å²) in [6.45, 7) is 7.63. The zero-order valence-corrected chi connectivity index (χ0v) is 13.8. The van der Waals surface area contributed by atoms with Gasteiger partial charge in [-0.3, -0.25) is 4.99 Å². The molecule has 1 atom stereocenters. The number of aliphatic imine (C=N–C) groups is 1. The minimum absolute atomic E-state index is 0.300. The Balaban J connectivity index is 2.08. The van der Waals surface area contributed by atoms with Gasteiger partial charge in [0.15, 0.2) is 5.96 Å². The lowest BCUT2D eigenvalue weighted by atomic mass is 9.89. The predicted molar refractivity (Wildman–Crippen MR) is 92.1 cm³/mol. The molecule has 0 unspecified atom stereocenters. The zero-order valence-electron chi connectivity index (χ0n) is 13.8. The molecule has 1 saturated heterocycles. The molecule has 1 fully saturated rings. The van der Waals surface area contributed by atoms with Gasteiger partial charge in [-0.25, -0.2) is 0 Å². The van der Waals surface area contributed by atoms with Crippen LogP contribution in [-0.2, 0) is 4.74 Å².